The first-order valence-electron chi connectivity index (χ1n) is 12.6. The fourth-order valence-electron chi connectivity index (χ4n) is 6.70. The molecule has 1 N–H and O–H groups in total. The van der Waals surface area contributed by atoms with Gasteiger partial charge >= 0.3 is 11.9 Å². The Kier molecular flexibility index (Phi) is 6.64. The number of fused-ring (bicyclic) bond motifs is 4. The minimum Gasteiger partial charge on any atom is -0.504 e. The Labute approximate surface area is 225 Å². The van der Waals surface area contributed by atoms with Crippen LogP contribution in [0.15, 0.2) is 68.7 Å². The number of ketones is 2. The topological polar surface area (TPSA) is 116 Å². The van der Waals surface area contributed by atoms with Crippen molar-refractivity contribution in [2.75, 3.05) is 13.7 Å². The average Bonchev–Trinajstić information content (AvgIpc) is 3.16. The van der Waals surface area contributed by atoms with Crippen LogP contribution in [0.5, 0.6) is 0 Å². The zero-order chi connectivity index (χ0) is 27.4. The van der Waals surface area contributed by atoms with Gasteiger partial charge in [-0.15, -0.1) is 0 Å². The van der Waals surface area contributed by atoms with Crippen molar-refractivity contribution in [3.8, 4) is 0 Å². The van der Waals surface area contributed by atoms with Crippen LogP contribution in [0.1, 0.15) is 40.0 Å². The van der Waals surface area contributed by atoms with Crippen molar-refractivity contribution in [1.29, 1.82) is 0 Å². The zero-order valence-electron chi connectivity index (χ0n) is 21.7. The zero-order valence-corrected chi connectivity index (χ0v) is 22.6. The predicted octanol–water partition coefficient (Wildman–Crippen LogP) is 4.25. The normalized spacial score (nSPS) is 33.6. The van der Waals surface area contributed by atoms with Gasteiger partial charge in [-0.1, -0.05) is 36.9 Å². The van der Waals surface area contributed by atoms with Gasteiger partial charge in [0.2, 0.25) is 5.78 Å². The van der Waals surface area contributed by atoms with Gasteiger partial charge in [0.1, 0.15) is 18.0 Å². The first-order valence-corrected chi connectivity index (χ1v) is 13.5. The maximum absolute atomic E-state index is 13.9. The Morgan fingerprint density at radius 3 is 2.58 bits per heavy atom. The third kappa shape index (κ3) is 3.86. The van der Waals surface area contributed by atoms with Gasteiger partial charge in [0.25, 0.3) is 0 Å². The summed E-state index contributed by atoms with van der Waals surface area (Å²) in [5, 5.41) is 13.1. The molecule has 1 aromatic rings. The van der Waals surface area contributed by atoms with E-state index in [1.165, 1.54) is 25.8 Å². The Balaban J connectivity index is 1.74. The molecule has 4 aliphatic rings. The number of Topliss-reactive ketones (excluding diaryl/α,β-unsaturated/α-hetero) is 2. The first-order chi connectivity index (χ1) is 18.0. The van der Waals surface area contributed by atoms with Crippen molar-refractivity contribution >= 4 is 35.3 Å². The minimum absolute atomic E-state index is 0.00165. The molecule has 9 heteroatoms. The molecule has 5 atom stereocenters. The molecule has 0 spiro atoms. The van der Waals surface area contributed by atoms with Crippen LogP contribution in [0.3, 0.4) is 0 Å². The lowest BCUT2D eigenvalue weighted by Gasteiger charge is -2.53. The van der Waals surface area contributed by atoms with Crippen molar-refractivity contribution < 1.29 is 38.5 Å². The predicted molar refractivity (Wildman–Crippen MR) is 138 cm³/mol. The van der Waals surface area contributed by atoms with E-state index in [9.17, 15) is 24.3 Å². The summed E-state index contributed by atoms with van der Waals surface area (Å²) in [6.45, 7) is 4.85. The number of methoxy groups -OCH3 is 1. The van der Waals surface area contributed by atoms with Crippen LogP contribution in [-0.4, -0.2) is 54.5 Å². The molecule has 0 aromatic heterocycles. The molecule has 3 unspecified atom stereocenters. The molecule has 1 saturated carbocycles. The number of cyclic esters (lactones) is 1. The molecule has 200 valence electrons. The first kappa shape index (κ1) is 26.4. The second-order valence-corrected chi connectivity index (χ2v) is 11.6. The monoisotopic (exact) mass is 538 g/mol. The molecule has 5 rings (SSSR count). The smallest absolute Gasteiger partial charge is 0.339 e. The number of hydrogen-bond acceptors (Lipinski definition) is 9. The van der Waals surface area contributed by atoms with Crippen molar-refractivity contribution in [3.63, 3.8) is 0 Å². The van der Waals surface area contributed by atoms with E-state index in [0.717, 1.165) is 4.90 Å². The highest BCUT2D eigenvalue weighted by molar-refractivity contribution is 8.02. The molecule has 38 heavy (non-hydrogen) atoms. The fourth-order valence-corrected chi connectivity index (χ4v) is 7.48. The van der Waals surface area contributed by atoms with Gasteiger partial charge < -0.3 is 19.3 Å². The van der Waals surface area contributed by atoms with E-state index < -0.39 is 52.4 Å². The lowest BCUT2D eigenvalue weighted by Crippen LogP contribution is -2.56. The molecule has 1 saturated heterocycles. The third-order valence-corrected chi connectivity index (χ3v) is 9.37. The van der Waals surface area contributed by atoms with Crippen molar-refractivity contribution in [3.05, 3.63) is 63.8 Å². The number of allylic oxidation sites excluding steroid dienone is 1. The summed E-state index contributed by atoms with van der Waals surface area (Å²) in [7, 11) is 1.47. The van der Waals surface area contributed by atoms with Gasteiger partial charge in [-0.05, 0) is 36.5 Å². The molecule has 8 nitrogen and oxygen atoms in total. The number of thioether (sulfide) groups is 1. The van der Waals surface area contributed by atoms with Crippen molar-refractivity contribution in [2.24, 2.45) is 16.7 Å². The second kappa shape index (κ2) is 9.54. The van der Waals surface area contributed by atoms with E-state index in [4.69, 9.17) is 14.2 Å². The van der Waals surface area contributed by atoms with E-state index in [-0.39, 0.29) is 35.5 Å². The van der Waals surface area contributed by atoms with Gasteiger partial charge in [0.15, 0.2) is 5.76 Å². The lowest BCUT2D eigenvalue weighted by atomic mass is 9.53. The van der Waals surface area contributed by atoms with Crippen LogP contribution < -0.4 is 0 Å². The van der Waals surface area contributed by atoms with E-state index in [1.54, 1.807) is 19.3 Å². The highest BCUT2D eigenvalue weighted by atomic mass is 32.2. The Bertz CT molecular complexity index is 1330. The SMILES string of the molecule is COCC1OC(=O)/C(=C/Sc2ccccc2)C2=C(O)C(=O)C3=C(C(OC(C)=O)C[C@]4(C)C(=O)CCC34)[C@]21C. The number of rotatable bonds is 5. The highest BCUT2D eigenvalue weighted by Gasteiger charge is 2.64. The Morgan fingerprint density at radius 2 is 1.92 bits per heavy atom. The van der Waals surface area contributed by atoms with Crippen LogP contribution in [0.25, 0.3) is 0 Å². The van der Waals surface area contributed by atoms with Gasteiger partial charge in [0, 0.05) is 54.2 Å². The van der Waals surface area contributed by atoms with Crippen LogP contribution in [0.2, 0.25) is 0 Å². The third-order valence-electron chi connectivity index (χ3n) is 8.48. The van der Waals surface area contributed by atoms with Gasteiger partial charge in [0.05, 0.1) is 17.6 Å². The van der Waals surface area contributed by atoms with Crippen LogP contribution in [0, 0.1) is 16.7 Å². The molecule has 0 amide bonds. The van der Waals surface area contributed by atoms with Crippen LogP contribution in [-0.2, 0) is 33.4 Å². The molecule has 0 radical (unpaired) electrons. The maximum Gasteiger partial charge on any atom is 0.339 e. The molecule has 1 heterocycles. The molecule has 0 bridgehead atoms. The number of hydrogen-bond donors (Lipinski definition) is 1. The van der Waals surface area contributed by atoms with Crippen molar-refractivity contribution in [2.45, 2.75) is 57.1 Å². The molecule has 3 aliphatic carbocycles. The van der Waals surface area contributed by atoms with Gasteiger partial charge in [-0.25, -0.2) is 4.79 Å². The van der Waals surface area contributed by atoms with E-state index in [1.807, 2.05) is 30.3 Å². The molecule has 1 aliphatic heterocycles. The Morgan fingerprint density at radius 1 is 1.21 bits per heavy atom. The minimum atomic E-state index is -1.24. The van der Waals surface area contributed by atoms with E-state index in [2.05, 4.69) is 0 Å². The van der Waals surface area contributed by atoms with E-state index >= 15 is 0 Å². The number of esters is 2. The number of carbonyl (C=O) groups is 4. The fraction of sp³-hybridized carbons (Fsp3) is 0.448. The summed E-state index contributed by atoms with van der Waals surface area (Å²) in [5.41, 5.74) is -1.20. The quantitative estimate of drug-likeness (QED) is 0.334. The summed E-state index contributed by atoms with van der Waals surface area (Å²) < 4.78 is 17.1. The number of benzene rings is 1. The van der Waals surface area contributed by atoms with Crippen molar-refractivity contribution in [1.82, 2.24) is 0 Å². The molecular weight excluding hydrogens is 508 g/mol. The number of carbonyl (C=O) groups excluding carboxylic acids is 4. The number of aliphatic hydroxyl groups is 1. The number of aliphatic hydroxyl groups excluding tert-OH is 1. The summed E-state index contributed by atoms with van der Waals surface area (Å²) >= 11 is 1.26. The molecular formula is C29H30O8S. The second-order valence-electron chi connectivity index (χ2n) is 10.6. The summed E-state index contributed by atoms with van der Waals surface area (Å²) in [6, 6.07) is 9.35. The van der Waals surface area contributed by atoms with E-state index in [0.29, 0.717) is 18.4 Å². The maximum atomic E-state index is 13.9. The number of ether oxygens (including phenoxy) is 3. The lowest BCUT2D eigenvalue weighted by molar-refractivity contribution is -0.160. The standard InChI is InChI=1S/C29H30O8S/c1-15(30)36-19-12-28(2)18(10-11-20(28)31)22-24(19)29(3)21(13-35-4)37-27(34)17(23(29)26(33)25(22)32)14-38-16-8-6-5-7-9-16/h5-9,14,18-19,21,33H,10-13H2,1-4H3/b17-14+/t18?,19?,21?,28-,29-/m0/s1. The highest BCUT2D eigenvalue weighted by Crippen LogP contribution is 2.62. The summed E-state index contributed by atoms with van der Waals surface area (Å²) in [5.74, 6) is -2.88. The molecule has 2 fully saturated rings. The average molecular weight is 539 g/mol. The van der Waals surface area contributed by atoms with Crippen LogP contribution >= 0.6 is 11.8 Å². The largest absolute Gasteiger partial charge is 0.504 e. The Hall–Kier alpha value is -3.17. The molecule has 1 aromatic carbocycles. The summed E-state index contributed by atoms with van der Waals surface area (Å²) in [6.07, 6.45) is -0.874. The van der Waals surface area contributed by atoms with Crippen LogP contribution in [0.4, 0.5) is 0 Å². The summed E-state index contributed by atoms with van der Waals surface area (Å²) in [4.78, 5) is 53.3. The van der Waals surface area contributed by atoms with Gasteiger partial charge in [-0.3, -0.25) is 14.4 Å². The van der Waals surface area contributed by atoms with Gasteiger partial charge in [-0.2, -0.15) is 0 Å².